The third kappa shape index (κ3) is 5.35. The molecule has 1 heterocycles. The molecule has 0 bridgehead atoms. The van der Waals surface area contributed by atoms with Crippen molar-refractivity contribution in [2.75, 3.05) is 19.6 Å². The maximum Gasteiger partial charge on any atom is 0.289 e. The fourth-order valence-corrected chi connectivity index (χ4v) is 7.29. The summed E-state index contributed by atoms with van der Waals surface area (Å²) >= 11 is 0. The van der Waals surface area contributed by atoms with Gasteiger partial charge in [0.15, 0.2) is 4.90 Å². The van der Waals surface area contributed by atoms with Crippen LogP contribution in [0, 0.1) is 16.0 Å². The monoisotopic (exact) mass is 551 g/mol. The number of sulfonamides is 1. The Morgan fingerprint density at radius 2 is 1.67 bits per heavy atom. The average Bonchev–Trinajstić information content (AvgIpc) is 3.00. The molecular weight excluding hydrogens is 518 g/mol. The number of nitro benzene ring substituents is 1. The summed E-state index contributed by atoms with van der Waals surface area (Å²) in [6.45, 7) is 0.951. The summed E-state index contributed by atoms with van der Waals surface area (Å²) < 4.78 is 28.9. The van der Waals surface area contributed by atoms with Crippen molar-refractivity contribution in [2.45, 2.75) is 49.0 Å². The minimum absolute atomic E-state index is 0.0258. The fourth-order valence-electron chi connectivity index (χ4n) is 5.72. The van der Waals surface area contributed by atoms with Crippen molar-refractivity contribution in [3.63, 3.8) is 0 Å². The molecule has 39 heavy (non-hydrogen) atoms. The van der Waals surface area contributed by atoms with Gasteiger partial charge in [0.2, 0.25) is 10.0 Å². The fraction of sp³-hybridized carbons (Fsp3) is 0.379. The largest absolute Gasteiger partial charge is 0.388 e. The van der Waals surface area contributed by atoms with E-state index < -0.39 is 32.3 Å². The second kappa shape index (κ2) is 11.1. The summed E-state index contributed by atoms with van der Waals surface area (Å²) in [6, 6.07) is 22.0. The Bertz CT molecular complexity index is 1430. The van der Waals surface area contributed by atoms with Gasteiger partial charge in [0.05, 0.1) is 11.0 Å². The minimum Gasteiger partial charge on any atom is -0.388 e. The number of benzene rings is 3. The Morgan fingerprint density at radius 3 is 2.36 bits per heavy atom. The predicted octanol–water partition coefficient (Wildman–Crippen LogP) is 3.65. The zero-order valence-corrected chi connectivity index (χ0v) is 22.4. The highest BCUT2D eigenvalue weighted by Crippen LogP contribution is 2.47. The molecule has 0 radical (unpaired) electrons. The Morgan fingerprint density at radius 1 is 1.00 bits per heavy atom. The molecule has 9 nitrogen and oxygen atoms in total. The second-order valence-corrected chi connectivity index (χ2v) is 12.3. The van der Waals surface area contributed by atoms with Crippen LogP contribution in [0.1, 0.15) is 36.0 Å². The van der Waals surface area contributed by atoms with E-state index in [1.165, 1.54) is 28.6 Å². The minimum atomic E-state index is -4.24. The Hall–Kier alpha value is -3.15. The highest BCUT2D eigenvalue weighted by atomic mass is 32.2. The number of hydrogen-bond donors (Lipinski definition) is 2. The highest BCUT2D eigenvalue weighted by molar-refractivity contribution is 7.89. The molecule has 0 aromatic heterocycles. The number of nitrogens with zero attached hydrogens (tertiary/aromatic N) is 3. The lowest BCUT2D eigenvalue weighted by Crippen LogP contribution is -2.51. The molecule has 3 aromatic rings. The second-order valence-electron chi connectivity index (χ2n) is 10.4. The first kappa shape index (κ1) is 27.4. The molecule has 0 saturated heterocycles. The molecule has 3 aromatic carbocycles. The zero-order valence-electron chi connectivity index (χ0n) is 21.6. The van der Waals surface area contributed by atoms with Crippen molar-refractivity contribution in [1.82, 2.24) is 9.21 Å². The number of aliphatic hydroxyl groups is 2. The van der Waals surface area contributed by atoms with Crippen molar-refractivity contribution in [2.24, 2.45) is 5.92 Å². The van der Waals surface area contributed by atoms with E-state index in [9.17, 15) is 28.7 Å². The molecule has 2 unspecified atom stereocenters. The summed E-state index contributed by atoms with van der Waals surface area (Å²) in [5, 5.41) is 34.7. The quantitative estimate of drug-likeness (QED) is 0.307. The zero-order chi connectivity index (χ0) is 27.6. The number of β-amino-alcohol motifs (C(OH)–C–C–N with tert-alkyl or cyclic N) is 1. The lowest BCUT2D eigenvalue weighted by atomic mass is 9.66. The predicted molar refractivity (Wildman–Crippen MR) is 146 cm³/mol. The van der Waals surface area contributed by atoms with E-state index in [0.29, 0.717) is 6.54 Å². The van der Waals surface area contributed by atoms with Gasteiger partial charge in [0.25, 0.3) is 5.69 Å². The topological polar surface area (TPSA) is 124 Å². The first-order valence-electron chi connectivity index (χ1n) is 13.2. The van der Waals surface area contributed by atoms with Crippen LogP contribution >= 0.6 is 0 Å². The Labute approximate surface area is 228 Å². The summed E-state index contributed by atoms with van der Waals surface area (Å²) in [5.41, 5.74) is 0.558. The summed E-state index contributed by atoms with van der Waals surface area (Å²) in [7, 11) is -4.24. The van der Waals surface area contributed by atoms with Crippen LogP contribution in [0.4, 0.5) is 5.69 Å². The normalized spacial score (nSPS) is 22.2. The van der Waals surface area contributed by atoms with Crippen LogP contribution < -0.4 is 0 Å². The standard InChI is InChI=1S/C29H33N3O6S/c33-28-21-30(20-23-11-4-5-14-25(23)29(28,34)24-12-8-13-24)17-18-31(19-22-9-2-1-3-10-22)39(37,38)27-16-7-6-15-26(27)32(35)36/h1-7,9-11,14-16,24,28,33-34H,8,12-13,17-21H2. The first-order chi connectivity index (χ1) is 18.7. The molecule has 1 saturated carbocycles. The Balaban J connectivity index is 1.44. The van der Waals surface area contributed by atoms with Gasteiger partial charge in [0, 0.05) is 38.8 Å². The maximum atomic E-state index is 13.8. The molecule has 2 atom stereocenters. The van der Waals surface area contributed by atoms with Gasteiger partial charge in [0.1, 0.15) is 5.60 Å². The molecule has 1 aliphatic heterocycles. The van der Waals surface area contributed by atoms with Gasteiger partial charge in [-0.05, 0) is 41.5 Å². The van der Waals surface area contributed by atoms with Gasteiger partial charge >= 0.3 is 0 Å². The maximum absolute atomic E-state index is 13.8. The number of aliphatic hydroxyl groups excluding tert-OH is 1. The van der Waals surface area contributed by atoms with Crippen molar-refractivity contribution in [3.05, 3.63) is 106 Å². The van der Waals surface area contributed by atoms with E-state index in [-0.39, 0.29) is 37.0 Å². The smallest absolute Gasteiger partial charge is 0.289 e. The van der Waals surface area contributed by atoms with Gasteiger partial charge in [-0.1, -0.05) is 73.2 Å². The highest BCUT2D eigenvalue weighted by Gasteiger charge is 2.49. The molecule has 206 valence electrons. The van der Waals surface area contributed by atoms with Gasteiger partial charge in [-0.3, -0.25) is 15.0 Å². The summed E-state index contributed by atoms with van der Waals surface area (Å²) in [5.74, 6) is -0.0258. The molecule has 1 aliphatic carbocycles. The van der Waals surface area contributed by atoms with Crippen LogP contribution in [0.2, 0.25) is 0 Å². The van der Waals surface area contributed by atoms with Gasteiger partial charge < -0.3 is 10.2 Å². The number of rotatable bonds is 9. The SMILES string of the molecule is O=[N+]([O-])c1ccccc1S(=O)(=O)N(CCN1Cc2ccccc2C(O)(C2CCC2)C(O)C1)Cc1ccccc1. The molecule has 10 heteroatoms. The third-order valence-electron chi connectivity index (χ3n) is 8.06. The summed E-state index contributed by atoms with van der Waals surface area (Å²) in [6.07, 6.45) is 1.67. The molecule has 0 amide bonds. The third-order valence-corrected chi connectivity index (χ3v) is 9.95. The van der Waals surface area contributed by atoms with E-state index in [1.807, 2.05) is 59.5 Å². The van der Waals surface area contributed by atoms with Crippen molar-refractivity contribution < 1.29 is 23.6 Å². The number of para-hydroxylation sites is 1. The molecule has 1 fully saturated rings. The van der Waals surface area contributed by atoms with Crippen LogP contribution in [0.3, 0.4) is 0 Å². The van der Waals surface area contributed by atoms with Gasteiger partial charge in [-0.25, -0.2) is 8.42 Å². The van der Waals surface area contributed by atoms with Crippen LogP contribution in [0.15, 0.2) is 83.8 Å². The van der Waals surface area contributed by atoms with Crippen LogP contribution in [-0.4, -0.2) is 58.5 Å². The molecule has 2 N–H and O–H groups in total. The molecule has 5 rings (SSSR count). The van der Waals surface area contributed by atoms with E-state index >= 15 is 0 Å². The lowest BCUT2D eigenvalue weighted by molar-refractivity contribution is -0.387. The molecule has 2 aliphatic rings. The van der Waals surface area contributed by atoms with Crippen LogP contribution in [0.5, 0.6) is 0 Å². The van der Waals surface area contributed by atoms with E-state index in [1.54, 1.807) is 0 Å². The van der Waals surface area contributed by atoms with Crippen LogP contribution in [0.25, 0.3) is 0 Å². The van der Waals surface area contributed by atoms with Gasteiger partial charge in [-0.2, -0.15) is 4.31 Å². The van der Waals surface area contributed by atoms with E-state index in [0.717, 1.165) is 36.0 Å². The number of hydrogen-bond acceptors (Lipinski definition) is 7. The molecular formula is C29H33N3O6S. The molecule has 0 spiro atoms. The lowest BCUT2D eigenvalue weighted by Gasteiger charge is -2.44. The number of nitro groups is 1. The van der Waals surface area contributed by atoms with E-state index in [2.05, 4.69) is 0 Å². The van der Waals surface area contributed by atoms with Crippen LogP contribution in [-0.2, 0) is 28.7 Å². The van der Waals surface area contributed by atoms with Crippen molar-refractivity contribution in [3.8, 4) is 0 Å². The summed E-state index contributed by atoms with van der Waals surface area (Å²) in [4.78, 5) is 12.6. The van der Waals surface area contributed by atoms with Gasteiger partial charge in [-0.15, -0.1) is 0 Å². The first-order valence-corrected chi connectivity index (χ1v) is 14.6. The van der Waals surface area contributed by atoms with Crippen molar-refractivity contribution in [1.29, 1.82) is 0 Å². The Kier molecular flexibility index (Phi) is 7.84. The average molecular weight is 552 g/mol. The van der Waals surface area contributed by atoms with Crippen molar-refractivity contribution >= 4 is 15.7 Å². The number of fused-ring (bicyclic) bond motifs is 1. The van der Waals surface area contributed by atoms with E-state index in [4.69, 9.17) is 0 Å².